The molecule has 264 valence electrons. The number of amides is 5. The Kier molecular flexibility index (Phi) is 14.2. The lowest BCUT2D eigenvalue weighted by Crippen LogP contribution is -2.59. The highest BCUT2D eigenvalue weighted by atomic mass is 16.6. The van der Waals surface area contributed by atoms with E-state index >= 15 is 0 Å². The van der Waals surface area contributed by atoms with Crippen molar-refractivity contribution in [3.63, 3.8) is 0 Å². The Bertz CT molecular complexity index is 1500. The first kappa shape index (κ1) is 38.1. The highest BCUT2D eigenvalue weighted by Crippen LogP contribution is 2.29. The van der Waals surface area contributed by atoms with Crippen LogP contribution < -0.4 is 27.0 Å². The first-order chi connectivity index (χ1) is 23.3. The maximum absolute atomic E-state index is 14.4. The van der Waals surface area contributed by atoms with Gasteiger partial charge in [0.2, 0.25) is 23.6 Å². The monoisotopic (exact) mass is 681 g/mol. The molecule has 7 N–H and O–H groups in total. The molecule has 0 aliphatic carbocycles. The van der Waals surface area contributed by atoms with Gasteiger partial charge in [-0.1, -0.05) is 30.3 Å². The molecule has 2 aromatic carbocycles. The van der Waals surface area contributed by atoms with Gasteiger partial charge in [0.25, 0.3) is 11.6 Å². The number of hydrogen-bond acceptors (Lipinski definition) is 9. The largest absolute Gasteiger partial charge is 0.481 e. The minimum atomic E-state index is -1.17. The molecular weight excluding hydrogens is 638 g/mol. The Morgan fingerprint density at radius 3 is 2.29 bits per heavy atom. The minimum absolute atomic E-state index is 0.0531. The van der Waals surface area contributed by atoms with Crippen molar-refractivity contribution in [3.8, 4) is 0 Å². The second kappa shape index (κ2) is 18.2. The molecule has 0 aromatic heterocycles. The Morgan fingerprint density at radius 2 is 1.69 bits per heavy atom. The van der Waals surface area contributed by atoms with Crippen molar-refractivity contribution in [3.05, 3.63) is 70.3 Å². The van der Waals surface area contributed by atoms with Gasteiger partial charge in [0.1, 0.15) is 24.2 Å². The number of nitrogens with one attached hydrogen (secondary N) is 2. The van der Waals surface area contributed by atoms with Crippen LogP contribution in [0, 0.1) is 10.1 Å². The zero-order valence-corrected chi connectivity index (χ0v) is 27.3. The van der Waals surface area contributed by atoms with Gasteiger partial charge in [-0.2, -0.15) is 0 Å². The van der Waals surface area contributed by atoms with E-state index in [-0.39, 0.29) is 43.6 Å². The number of non-ortho nitro benzene ring substituents is 1. The minimum Gasteiger partial charge on any atom is -0.481 e. The molecule has 1 aliphatic heterocycles. The fourth-order valence-electron chi connectivity index (χ4n) is 5.67. The predicted molar refractivity (Wildman–Crippen MR) is 178 cm³/mol. The standard InChI is InChI=1S/C33H43N7O9/c1-21(36-28(41)16-17-29(42)43)31(45)37-25(20-22-8-3-2-4-9-22)32(46)38-19-7-11-27(38)33(47)39(26(30(35)44)10-5-6-18-34)23-12-14-24(15-13-23)40(48)49/h2-4,8-9,12-15,21,25-27H,5-7,10-11,16-20,34H2,1H3,(H2,35,44)(H,36,41)(H,37,45)(H,42,43)/t21-,25-,26-,27-/m0/s1. The lowest BCUT2D eigenvalue weighted by molar-refractivity contribution is -0.384. The number of carbonyl (C=O) groups excluding carboxylic acids is 5. The molecule has 0 radical (unpaired) electrons. The third-order valence-electron chi connectivity index (χ3n) is 8.20. The van der Waals surface area contributed by atoms with Gasteiger partial charge in [0.15, 0.2) is 0 Å². The second-order valence-electron chi connectivity index (χ2n) is 11.8. The number of benzene rings is 2. The summed E-state index contributed by atoms with van der Waals surface area (Å²) in [6, 6.07) is 9.51. The van der Waals surface area contributed by atoms with Crippen LogP contribution in [0.3, 0.4) is 0 Å². The molecule has 2 aromatic rings. The molecule has 1 fully saturated rings. The average molecular weight is 682 g/mol. The maximum atomic E-state index is 14.4. The van der Waals surface area contributed by atoms with Gasteiger partial charge in [-0.25, -0.2) is 0 Å². The summed E-state index contributed by atoms with van der Waals surface area (Å²) in [6.45, 7) is 1.92. The molecule has 1 aliphatic rings. The lowest BCUT2D eigenvalue weighted by atomic mass is 10.0. The van der Waals surface area contributed by atoms with Crippen LogP contribution >= 0.6 is 0 Å². The normalized spacial score (nSPS) is 15.8. The molecule has 0 unspecified atom stereocenters. The molecule has 1 heterocycles. The summed E-state index contributed by atoms with van der Waals surface area (Å²) in [5.74, 6) is -4.49. The highest BCUT2D eigenvalue weighted by molar-refractivity contribution is 6.05. The molecule has 4 atom stereocenters. The topological polar surface area (TPSA) is 248 Å². The number of likely N-dealkylation sites (tertiary alicyclic amines) is 1. The van der Waals surface area contributed by atoms with Crippen LogP contribution in [0.15, 0.2) is 54.6 Å². The van der Waals surface area contributed by atoms with E-state index in [0.717, 1.165) is 0 Å². The van der Waals surface area contributed by atoms with E-state index < -0.39 is 71.0 Å². The number of anilines is 1. The number of carboxylic acids is 1. The van der Waals surface area contributed by atoms with Crippen molar-refractivity contribution in [1.29, 1.82) is 0 Å². The van der Waals surface area contributed by atoms with Crippen molar-refractivity contribution in [2.24, 2.45) is 11.5 Å². The lowest BCUT2D eigenvalue weighted by Gasteiger charge is -2.36. The van der Waals surface area contributed by atoms with Gasteiger partial charge in [-0.05, 0) is 63.3 Å². The third-order valence-corrected chi connectivity index (χ3v) is 8.20. The highest BCUT2D eigenvalue weighted by Gasteiger charge is 2.42. The number of primary amides is 1. The van der Waals surface area contributed by atoms with Crippen LogP contribution in [-0.4, -0.2) is 87.7 Å². The number of nitro groups is 1. The number of nitrogens with zero attached hydrogens (tertiary/aromatic N) is 3. The Labute approximate surface area is 283 Å². The second-order valence-corrected chi connectivity index (χ2v) is 11.8. The summed E-state index contributed by atoms with van der Waals surface area (Å²) in [5.41, 5.74) is 12.1. The van der Waals surface area contributed by atoms with E-state index in [1.807, 2.05) is 0 Å². The Hall–Kier alpha value is -5.38. The van der Waals surface area contributed by atoms with Crippen LogP contribution in [0.4, 0.5) is 11.4 Å². The summed E-state index contributed by atoms with van der Waals surface area (Å²) in [6.07, 6.45) is 1.16. The predicted octanol–water partition coefficient (Wildman–Crippen LogP) is 0.999. The smallest absolute Gasteiger partial charge is 0.303 e. The van der Waals surface area contributed by atoms with Crippen LogP contribution in [0.2, 0.25) is 0 Å². The van der Waals surface area contributed by atoms with E-state index in [0.29, 0.717) is 31.4 Å². The molecule has 0 bridgehead atoms. The van der Waals surface area contributed by atoms with Gasteiger partial charge in [-0.15, -0.1) is 0 Å². The van der Waals surface area contributed by atoms with Crippen molar-refractivity contribution >= 4 is 46.9 Å². The number of nitrogens with two attached hydrogens (primary N) is 2. The van der Waals surface area contributed by atoms with Gasteiger partial charge < -0.3 is 32.1 Å². The van der Waals surface area contributed by atoms with Gasteiger partial charge in [0.05, 0.1) is 11.3 Å². The zero-order valence-electron chi connectivity index (χ0n) is 27.3. The van der Waals surface area contributed by atoms with Crippen molar-refractivity contribution in [1.82, 2.24) is 15.5 Å². The number of aliphatic carboxylic acids is 1. The molecule has 16 nitrogen and oxygen atoms in total. The van der Waals surface area contributed by atoms with Crippen LogP contribution in [0.1, 0.15) is 57.4 Å². The molecule has 5 amide bonds. The van der Waals surface area contributed by atoms with Crippen molar-refractivity contribution < 1.29 is 38.8 Å². The van der Waals surface area contributed by atoms with Gasteiger partial charge in [0, 0.05) is 37.2 Å². The van der Waals surface area contributed by atoms with E-state index in [2.05, 4.69) is 10.6 Å². The Balaban J connectivity index is 1.92. The summed E-state index contributed by atoms with van der Waals surface area (Å²) < 4.78 is 0. The molecular formula is C33H43N7O9. The number of hydrogen-bond donors (Lipinski definition) is 5. The molecule has 0 saturated carbocycles. The molecule has 3 rings (SSSR count). The number of nitro benzene ring substituents is 1. The van der Waals surface area contributed by atoms with Crippen LogP contribution in [0.25, 0.3) is 0 Å². The summed E-state index contributed by atoms with van der Waals surface area (Å²) in [5, 5.41) is 25.3. The van der Waals surface area contributed by atoms with E-state index in [4.69, 9.17) is 16.6 Å². The van der Waals surface area contributed by atoms with Crippen molar-refractivity contribution in [2.75, 3.05) is 18.0 Å². The zero-order chi connectivity index (χ0) is 36.1. The Morgan fingerprint density at radius 1 is 1.02 bits per heavy atom. The van der Waals surface area contributed by atoms with Crippen LogP contribution in [0.5, 0.6) is 0 Å². The molecule has 0 spiro atoms. The third kappa shape index (κ3) is 10.8. The number of carboxylic acid groups (broad SMARTS) is 1. The molecule has 16 heteroatoms. The molecule has 1 saturated heterocycles. The fourth-order valence-corrected chi connectivity index (χ4v) is 5.67. The van der Waals surface area contributed by atoms with E-state index in [1.54, 1.807) is 30.3 Å². The van der Waals surface area contributed by atoms with E-state index in [1.165, 1.54) is 41.0 Å². The average Bonchev–Trinajstić information content (AvgIpc) is 3.57. The maximum Gasteiger partial charge on any atom is 0.303 e. The summed E-state index contributed by atoms with van der Waals surface area (Å²) >= 11 is 0. The molecule has 49 heavy (non-hydrogen) atoms. The van der Waals surface area contributed by atoms with Gasteiger partial charge >= 0.3 is 5.97 Å². The first-order valence-electron chi connectivity index (χ1n) is 16.1. The SMILES string of the molecule is C[C@H](NC(=O)CCC(=O)O)C(=O)N[C@@H](Cc1ccccc1)C(=O)N1CCC[C@H]1C(=O)N(c1ccc([N+](=O)[O-])cc1)[C@@H](CCCCN)C(N)=O. The number of rotatable bonds is 18. The van der Waals surface area contributed by atoms with Gasteiger partial charge in [-0.3, -0.25) is 43.8 Å². The summed E-state index contributed by atoms with van der Waals surface area (Å²) in [7, 11) is 0. The summed E-state index contributed by atoms with van der Waals surface area (Å²) in [4.78, 5) is 90.8. The van der Waals surface area contributed by atoms with Crippen LogP contribution in [-0.2, 0) is 35.2 Å². The number of carbonyl (C=O) groups is 6. The quantitative estimate of drug-likeness (QED) is 0.0848. The fraction of sp³-hybridized carbons (Fsp3) is 0.455. The first-order valence-corrected chi connectivity index (χ1v) is 16.1. The van der Waals surface area contributed by atoms with E-state index in [9.17, 15) is 38.9 Å². The van der Waals surface area contributed by atoms with Crippen molar-refractivity contribution in [2.45, 2.75) is 82.5 Å². The number of unbranched alkanes of at least 4 members (excludes halogenated alkanes) is 1.